The van der Waals surface area contributed by atoms with Gasteiger partial charge in [0.2, 0.25) is 10.0 Å². The Hall–Kier alpha value is -3.34. The number of primary sulfonamides is 1. The quantitative estimate of drug-likeness (QED) is 0.588. The summed E-state index contributed by atoms with van der Waals surface area (Å²) < 4.78 is 52.1. The predicted molar refractivity (Wildman–Crippen MR) is 112 cm³/mol. The number of nitrogens with two attached hydrogens (primary N) is 1. The number of halogens is 2. The fourth-order valence-corrected chi connectivity index (χ4v) is 4.23. The SMILES string of the molecule is NS(=O)(=O)c1ccc(C2(O)C(=O)N(Cc3ccc(OC(F)F)cc3)c3ccccc32)cc1. The first-order valence-electron chi connectivity index (χ1n) is 9.41. The Morgan fingerprint density at radius 1 is 1.00 bits per heavy atom. The molecule has 0 bridgehead atoms. The molecule has 3 N–H and O–H groups in total. The maximum absolute atomic E-state index is 13.4. The minimum Gasteiger partial charge on any atom is -0.435 e. The molecule has 1 heterocycles. The average molecular weight is 460 g/mol. The average Bonchev–Trinajstić information content (AvgIpc) is 2.97. The third-order valence-corrected chi connectivity index (χ3v) is 6.16. The number of aliphatic hydroxyl groups is 1. The number of para-hydroxylation sites is 1. The number of rotatable bonds is 6. The summed E-state index contributed by atoms with van der Waals surface area (Å²) in [6, 6.07) is 17.6. The summed E-state index contributed by atoms with van der Waals surface area (Å²) in [5.74, 6) is -0.640. The van der Waals surface area contributed by atoms with Crippen LogP contribution in [0.1, 0.15) is 16.7 Å². The van der Waals surface area contributed by atoms with Crippen LogP contribution >= 0.6 is 0 Å². The first kappa shape index (κ1) is 21.9. The van der Waals surface area contributed by atoms with E-state index in [0.29, 0.717) is 16.8 Å². The number of amides is 1. The van der Waals surface area contributed by atoms with E-state index in [1.165, 1.54) is 41.3 Å². The zero-order valence-corrected chi connectivity index (χ0v) is 17.3. The van der Waals surface area contributed by atoms with E-state index in [1.54, 1.807) is 36.4 Å². The summed E-state index contributed by atoms with van der Waals surface area (Å²) in [6.45, 7) is -2.87. The highest BCUT2D eigenvalue weighted by Gasteiger charge is 2.50. The minimum absolute atomic E-state index is 0.0108. The summed E-state index contributed by atoms with van der Waals surface area (Å²) in [7, 11) is -3.93. The smallest absolute Gasteiger partial charge is 0.387 e. The van der Waals surface area contributed by atoms with Crippen LogP contribution in [0.2, 0.25) is 0 Å². The fourth-order valence-electron chi connectivity index (χ4n) is 3.72. The van der Waals surface area contributed by atoms with Crippen LogP contribution in [0.25, 0.3) is 0 Å². The molecule has 0 saturated heterocycles. The van der Waals surface area contributed by atoms with Crippen LogP contribution in [0.3, 0.4) is 0 Å². The van der Waals surface area contributed by atoms with E-state index in [9.17, 15) is 27.1 Å². The standard InChI is InChI=1S/C22H18F2N2O5S/c23-21(24)31-16-9-5-14(6-10-16)13-26-19-4-2-1-3-18(19)22(28,20(26)27)15-7-11-17(12-8-15)32(25,29)30/h1-12,21,28H,13H2,(H2,25,29,30). The number of alkyl halides is 2. The van der Waals surface area contributed by atoms with E-state index in [4.69, 9.17) is 5.14 Å². The molecule has 1 amide bonds. The molecular weight excluding hydrogens is 442 g/mol. The van der Waals surface area contributed by atoms with Crippen molar-refractivity contribution < 1.29 is 31.8 Å². The molecule has 1 aliphatic heterocycles. The van der Waals surface area contributed by atoms with Crippen LogP contribution < -0.4 is 14.8 Å². The number of hydrogen-bond donors (Lipinski definition) is 2. The third kappa shape index (κ3) is 3.83. The van der Waals surface area contributed by atoms with Crippen LogP contribution in [0.5, 0.6) is 5.75 Å². The number of sulfonamides is 1. The van der Waals surface area contributed by atoms with Crippen LogP contribution in [0.4, 0.5) is 14.5 Å². The highest BCUT2D eigenvalue weighted by Crippen LogP contribution is 2.45. The maximum Gasteiger partial charge on any atom is 0.387 e. The number of ether oxygens (including phenoxy) is 1. The van der Waals surface area contributed by atoms with Crippen molar-refractivity contribution in [1.82, 2.24) is 0 Å². The Morgan fingerprint density at radius 2 is 1.62 bits per heavy atom. The molecule has 32 heavy (non-hydrogen) atoms. The molecule has 3 aromatic rings. The second-order valence-corrected chi connectivity index (χ2v) is 8.77. The molecule has 4 rings (SSSR count). The lowest BCUT2D eigenvalue weighted by atomic mass is 9.87. The van der Waals surface area contributed by atoms with E-state index >= 15 is 0 Å². The van der Waals surface area contributed by atoms with Gasteiger partial charge >= 0.3 is 6.61 Å². The predicted octanol–water partition coefficient (Wildman–Crippen LogP) is 2.72. The molecule has 0 radical (unpaired) electrons. The highest BCUT2D eigenvalue weighted by molar-refractivity contribution is 7.89. The van der Waals surface area contributed by atoms with Gasteiger partial charge in [0.1, 0.15) is 5.75 Å². The van der Waals surface area contributed by atoms with Crippen molar-refractivity contribution in [2.24, 2.45) is 5.14 Å². The zero-order valence-electron chi connectivity index (χ0n) is 16.5. The molecule has 1 unspecified atom stereocenters. The topological polar surface area (TPSA) is 110 Å². The Labute approximate surface area is 182 Å². The van der Waals surface area contributed by atoms with Gasteiger partial charge in [0.25, 0.3) is 5.91 Å². The zero-order chi connectivity index (χ0) is 23.1. The largest absolute Gasteiger partial charge is 0.435 e. The van der Waals surface area contributed by atoms with Crippen LogP contribution in [-0.2, 0) is 27.0 Å². The number of carbonyl (C=O) groups is 1. The first-order chi connectivity index (χ1) is 15.1. The molecule has 7 nitrogen and oxygen atoms in total. The lowest BCUT2D eigenvalue weighted by Crippen LogP contribution is -2.40. The van der Waals surface area contributed by atoms with E-state index in [0.717, 1.165) is 0 Å². The van der Waals surface area contributed by atoms with Crippen molar-refractivity contribution in [2.75, 3.05) is 4.90 Å². The summed E-state index contributed by atoms with van der Waals surface area (Å²) >= 11 is 0. The molecular formula is C22H18F2N2O5S. The lowest BCUT2D eigenvalue weighted by Gasteiger charge is -2.24. The Kier molecular flexibility index (Phi) is 5.45. The Morgan fingerprint density at radius 3 is 2.22 bits per heavy atom. The van der Waals surface area contributed by atoms with Gasteiger partial charge in [-0.05, 0) is 41.5 Å². The lowest BCUT2D eigenvalue weighted by molar-refractivity contribution is -0.132. The molecule has 1 atom stereocenters. The number of nitrogens with zero attached hydrogens (tertiary/aromatic N) is 1. The summed E-state index contributed by atoms with van der Waals surface area (Å²) in [4.78, 5) is 14.6. The van der Waals surface area contributed by atoms with Crippen LogP contribution in [0.15, 0.2) is 77.7 Å². The van der Waals surface area contributed by atoms with Crippen LogP contribution in [-0.4, -0.2) is 26.0 Å². The molecule has 1 aliphatic rings. The minimum atomic E-state index is -3.93. The highest BCUT2D eigenvalue weighted by atomic mass is 32.2. The normalized spacial score (nSPS) is 18.2. The van der Waals surface area contributed by atoms with Crippen molar-refractivity contribution in [2.45, 2.75) is 23.7 Å². The van der Waals surface area contributed by atoms with E-state index < -0.39 is 28.1 Å². The number of hydrogen-bond acceptors (Lipinski definition) is 5. The second-order valence-electron chi connectivity index (χ2n) is 7.21. The van der Waals surface area contributed by atoms with E-state index in [-0.39, 0.29) is 22.8 Å². The molecule has 10 heteroatoms. The molecule has 0 spiro atoms. The van der Waals surface area contributed by atoms with Gasteiger partial charge in [0.15, 0.2) is 5.60 Å². The van der Waals surface area contributed by atoms with E-state index in [1.807, 2.05) is 0 Å². The van der Waals surface area contributed by atoms with Gasteiger partial charge in [-0.1, -0.05) is 42.5 Å². The molecule has 0 aromatic heterocycles. The Balaban J connectivity index is 1.69. The van der Waals surface area contributed by atoms with Crippen molar-refractivity contribution >= 4 is 21.6 Å². The molecule has 0 saturated carbocycles. The second kappa shape index (κ2) is 7.97. The van der Waals surface area contributed by atoms with Gasteiger partial charge in [-0.2, -0.15) is 8.78 Å². The fraction of sp³-hybridized carbons (Fsp3) is 0.136. The van der Waals surface area contributed by atoms with Crippen LogP contribution in [0, 0.1) is 0 Å². The van der Waals surface area contributed by atoms with Gasteiger partial charge < -0.3 is 14.7 Å². The summed E-state index contributed by atoms with van der Waals surface area (Å²) in [5.41, 5.74) is -0.407. The van der Waals surface area contributed by atoms with Crippen molar-refractivity contribution in [3.05, 3.63) is 89.5 Å². The number of fused-ring (bicyclic) bond motifs is 1. The van der Waals surface area contributed by atoms with Crippen molar-refractivity contribution in [3.8, 4) is 5.75 Å². The van der Waals surface area contributed by atoms with Gasteiger partial charge in [-0.15, -0.1) is 0 Å². The van der Waals surface area contributed by atoms with Gasteiger partial charge in [0, 0.05) is 5.56 Å². The van der Waals surface area contributed by atoms with Crippen molar-refractivity contribution in [1.29, 1.82) is 0 Å². The monoisotopic (exact) mass is 460 g/mol. The van der Waals surface area contributed by atoms with Gasteiger partial charge in [-0.3, -0.25) is 4.79 Å². The molecule has 0 fully saturated rings. The summed E-state index contributed by atoms with van der Waals surface area (Å²) in [5, 5.41) is 16.6. The van der Waals surface area contributed by atoms with Crippen molar-refractivity contribution in [3.63, 3.8) is 0 Å². The van der Waals surface area contributed by atoms with E-state index in [2.05, 4.69) is 4.74 Å². The van der Waals surface area contributed by atoms with Gasteiger partial charge in [0.05, 0.1) is 17.1 Å². The summed E-state index contributed by atoms with van der Waals surface area (Å²) in [6.07, 6.45) is 0. The first-order valence-corrected chi connectivity index (χ1v) is 11.0. The Bertz CT molecular complexity index is 1260. The molecule has 3 aromatic carbocycles. The van der Waals surface area contributed by atoms with Gasteiger partial charge in [-0.25, -0.2) is 13.6 Å². The number of benzene rings is 3. The number of anilines is 1. The maximum atomic E-state index is 13.4. The molecule has 0 aliphatic carbocycles. The molecule has 166 valence electrons. The third-order valence-electron chi connectivity index (χ3n) is 5.23. The number of carbonyl (C=O) groups excluding carboxylic acids is 1.